The van der Waals surface area contributed by atoms with Crippen LogP contribution in [-0.4, -0.2) is 74.1 Å². The molecule has 0 aliphatic carbocycles. The molecular weight excluding hydrogens is 743 g/mol. The number of imide groups is 1. The SMILES string of the molecule is Cc1cc(C(C)N2CCN(c3ccc(-c4cnc5[nH]nc(-c6ccc([C@@H](C)NC(=O)c7noc(C(C)(C)C)n7)c(C)c6)c5c4)cc3)CC2)ccc1C1CCC(=O)NC1=O. The van der Waals surface area contributed by atoms with E-state index in [1.807, 2.05) is 52.9 Å². The van der Waals surface area contributed by atoms with Crippen molar-refractivity contribution >= 4 is 34.4 Å². The number of carbonyl (C=O) groups is 3. The summed E-state index contributed by atoms with van der Waals surface area (Å²) in [7, 11) is 0. The van der Waals surface area contributed by atoms with Crippen molar-refractivity contribution in [3.8, 4) is 22.4 Å². The monoisotopic (exact) mass is 793 g/mol. The Morgan fingerprint density at radius 1 is 0.898 bits per heavy atom. The maximum Gasteiger partial charge on any atom is 0.293 e. The lowest BCUT2D eigenvalue weighted by atomic mass is 9.86. The van der Waals surface area contributed by atoms with Crippen molar-refractivity contribution in [2.45, 2.75) is 84.7 Å². The van der Waals surface area contributed by atoms with Crippen LogP contribution >= 0.6 is 0 Å². The zero-order valence-corrected chi connectivity index (χ0v) is 34.7. The maximum atomic E-state index is 12.9. The van der Waals surface area contributed by atoms with Crippen LogP contribution in [0.3, 0.4) is 0 Å². The van der Waals surface area contributed by atoms with Crippen LogP contribution in [-0.2, 0) is 15.0 Å². The summed E-state index contributed by atoms with van der Waals surface area (Å²) in [4.78, 5) is 51.1. The molecule has 0 bridgehead atoms. The molecule has 3 atom stereocenters. The first-order chi connectivity index (χ1) is 28.2. The highest BCUT2D eigenvalue weighted by atomic mass is 16.5. The minimum atomic E-state index is -0.387. The number of nitrogens with one attached hydrogen (secondary N) is 3. The smallest absolute Gasteiger partial charge is 0.293 e. The lowest BCUT2D eigenvalue weighted by molar-refractivity contribution is -0.134. The fourth-order valence-electron chi connectivity index (χ4n) is 8.33. The molecule has 2 unspecified atom stereocenters. The van der Waals surface area contributed by atoms with Crippen LogP contribution in [0.25, 0.3) is 33.4 Å². The predicted octanol–water partition coefficient (Wildman–Crippen LogP) is 7.48. The number of amides is 3. The molecule has 8 rings (SSSR count). The molecule has 0 radical (unpaired) electrons. The van der Waals surface area contributed by atoms with Crippen molar-refractivity contribution in [3.63, 3.8) is 0 Å². The van der Waals surface area contributed by atoms with Gasteiger partial charge < -0.3 is 14.7 Å². The first kappa shape index (κ1) is 39.6. The van der Waals surface area contributed by atoms with Gasteiger partial charge in [-0.15, -0.1) is 0 Å². The van der Waals surface area contributed by atoms with Gasteiger partial charge in [0.2, 0.25) is 17.7 Å². The average Bonchev–Trinajstić information content (AvgIpc) is 3.90. The number of pyridine rings is 1. The Hall–Kier alpha value is -6.21. The molecule has 2 saturated heterocycles. The maximum absolute atomic E-state index is 12.9. The molecule has 3 amide bonds. The van der Waals surface area contributed by atoms with Gasteiger partial charge in [0.15, 0.2) is 5.65 Å². The predicted molar refractivity (Wildman–Crippen MR) is 227 cm³/mol. The number of carbonyl (C=O) groups excluding carboxylic acids is 3. The van der Waals surface area contributed by atoms with Crippen LogP contribution in [0.2, 0.25) is 0 Å². The van der Waals surface area contributed by atoms with E-state index in [0.29, 0.717) is 24.4 Å². The van der Waals surface area contributed by atoms with Crippen LogP contribution in [0.15, 0.2) is 77.4 Å². The number of aryl methyl sites for hydroxylation is 2. The Labute approximate surface area is 344 Å². The van der Waals surface area contributed by atoms with Crippen LogP contribution in [0, 0.1) is 13.8 Å². The van der Waals surface area contributed by atoms with Crippen molar-refractivity contribution in [2.24, 2.45) is 0 Å². The highest BCUT2D eigenvalue weighted by Gasteiger charge is 2.30. The fourth-order valence-corrected chi connectivity index (χ4v) is 8.33. The van der Waals surface area contributed by atoms with Crippen LogP contribution in [0.4, 0.5) is 5.69 Å². The quantitative estimate of drug-likeness (QED) is 0.125. The number of anilines is 1. The van der Waals surface area contributed by atoms with E-state index in [1.54, 1.807) is 0 Å². The molecule has 13 nitrogen and oxygen atoms in total. The van der Waals surface area contributed by atoms with Gasteiger partial charge in [0, 0.05) is 72.5 Å². The summed E-state index contributed by atoms with van der Waals surface area (Å²) in [5.41, 5.74) is 10.7. The van der Waals surface area contributed by atoms with Crippen LogP contribution in [0.5, 0.6) is 0 Å². The Balaban J connectivity index is 0.902. The van der Waals surface area contributed by atoms with Gasteiger partial charge >= 0.3 is 0 Å². The molecule has 0 spiro atoms. The minimum absolute atomic E-state index is 0.0192. The Bertz CT molecular complexity index is 2540. The van der Waals surface area contributed by atoms with Crippen molar-refractivity contribution in [1.29, 1.82) is 0 Å². The topological polar surface area (TPSA) is 162 Å². The summed E-state index contributed by atoms with van der Waals surface area (Å²) in [6, 6.07) is 23.4. The molecular formula is C46H51N9O4. The average molecular weight is 794 g/mol. The zero-order chi connectivity index (χ0) is 41.6. The van der Waals surface area contributed by atoms with Gasteiger partial charge in [-0.2, -0.15) is 10.1 Å². The van der Waals surface area contributed by atoms with Gasteiger partial charge in [0.25, 0.3) is 11.7 Å². The molecule has 0 saturated carbocycles. The fraction of sp³-hybridized carbons (Fsp3) is 0.370. The van der Waals surface area contributed by atoms with E-state index in [-0.39, 0.29) is 47.0 Å². The van der Waals surface area contributed by atoms with Gasteiger partial charge in [0.05, 0.1) is 12.0 Å². The lowest BCUT2D eigenvalue weighted by Crippen LogP contribution is -2.47. The van der Waals surface area contributed by atoms with Gasteiger partial charge in [-0.05, 0) is 91.8 Å². The highest BCUT2D eigenvalue weighted by molar-refractivity contribution is 6.01. The van der Waals surface area contributed by atoms with E-state index in [9.17, 15) is 14.4 Å². The van der Waals surface area contributed by atoms with Crippen LogP contribution in [0.1, 0.15) is 110 Å². The molecule has 5 heterocycles. The number of rotatable bonds is 9. The Morgan fingerprint density at radius 3 is 2.32 bits per heavy atom. The number of nitrogens with zero attached hydrogens (tertiary/aromatic N) is 6. The highest BCUT2D eigenvalue weighted by Crippen LogP contribution is 2.34. The van der Waals surface area contributed by atoms with E-state index in [1.165, 1.54) is 11.3 Å². The minimum Gasteiger partial charge on any atom is -0.369 e. The van der Waals surface area contributed by atoms with Gasteiger partial charge in [-0.25, -0.2) is 4.98 Å². The van der Waals surface area contributed by atoms with Gasteiger partial charge in [0.1, 0.15) is 5.69 Å². The Morgan fingerprint density at radius 2 is 1.64 bits per heavy atom. The van der Waals surface area contributed by atoms with E-state index in [4.69, 9.17) is 9.51 Å². The normalized spacial score (nSPS) is 17.5. The molecule has 59 heavy (non-hydrogen) atoms. The third kappa shape index (κ3) is 8.11. The number of fused-ring (bicyclic) bond motifs is 1. The molecule has 3 aromatic carbocycles. The van der Waals surface area contributed by atoms with Gasteiger partial charge in [-0.3, -0.25) is 29.7 Å². The Kier molecular flexibility index (Phi) is 10.6. The molecule has 304 valence electrons. The lowest BCUT2D eigenvalue weighted by Gasteiger charge is -2.39. The number of aromatic nitrogens is 5. The zero-order valence-electron chi connectivity index (χ0n) is 34.7. The summed E-state index contributed by atoms with van der Waals surface area (Å²) >= 11 is 0. The number of hydrogen-bond donors (Lipinski definition) is 3. The number of H-pyrrole nitrogens is 1. The molecule has 2 aliphatic rings. The standard InChI is InChI=1S/C46H51N9O4/c1-26-23-32(11-14-35(26)28(3)48-44(58)42-50-45(59-53-42)46(5,6)7)40-38-24-33(25-47-41(38)52-51-40)30-8-12-34(13-9-30)55-20-18-54(19-21-55)29(4)31-10-15-36(27(2)22-31)37-16-17-39(56)49-43(37)57/h8-15,22-25,28-29,37H,16-21H2,1-7H3,(H,48,58)(H,47,51,52)(H,49,56,57)/t28-,29?,37?/m1/s1. The second-order valence-electron chi connectivity index (χ2n) is 17.0. The largest absolute Gasteiger partial charge is 0.369 e. The molecule has 13 heteroatoms. The number of hydrogen-bond acceptors (Lipinski definition) is 10. The van der Waals surface area contributed by atoms with Crippen LogP contribution < -0.4 is 15.5 Å². The number of aromatic amines is 1. The third-order valence-electron chi connectivity index (χ3n) is 11.9. The first-order valence-electron chi connectivity index (χ1n) is 20.4. The molecule has 3 N–H and O–H groups in total. The van der Waals surface area contributed by atoms with Crippen molar-refractivity contribution in [2.75, 3.05) is 31.1 Å². The number of piperazine rings is 1. The molecule has 3 aromatic heterocycles. The van der Waals surface area contributed by atoms with Gasteiger partial charge in [-0.1, -0.05) is 68.4 Å². The number of benzene rings is 3. The van der Waals surface area contributed by atoms with Crippen molar-refractivity contribution in [3.05, 3.63) is 112 Å². The summed E-state index contributed by atoms with van der Waals surface area (Å²) < 4.78 is 5.31. The molecule has 2 fully saturated rings. The molecule has 2 aliphatic heterocycles. The van der Waals surface area contributed by atoms with E-state index in [2.05, 4.69) is 109 Å². The van der Waals surface area contributed by atoms with Crippen molar-refractivity contribution in [1.82, 2.24) is 40.9 Å². The third-order valence-corrected chi connectivity index (χ3v) is 11.9. The summed E-state index contributed by atoms with van der Waals surface area (Å²) in [6.45, 7) is 17.9. The molecule has 6 aromatic rings. The summed E-state index contributed by atoms with van der Waals surface area (Å²) in [5, 5.41) is 18.1. The summed E-state index contributed by atoms with van der Waals surface area (Å²) in [6.07, 6.45) is 2.82. The second kappa shape index (κ2) is 15.9. The van der Waals surface area contributed by atoms with Crippen molar-refractivity contribution < 1.29 is 18.9 Å². The summed E-state index contributed by atoms with van der Waals surface area (Å²) in [5.74, 6) is -0.601. The van der Waals surface area contributed by atoms with E-state index in [0.717, 1.165) is 76.2 Å². The number of piperidine rings is 1. The second-order valence-corrected chi connectivity index (χ2v) is 17.0. The van der Waals surface area contributed by atoms with E-state index >= 15 is 0 Å². The van der Waals surface area contributed by atoms with E-state index < -0.39 is 0 Å². The first-order valence-corrected chi connectivity index (χ1v) is 20.4.